The van der Waals surface area contributed by atoms with Crippen molar-refractivity contribution >= 4 is 15.9 Å². The summed E-state index contributed by atoms with van der Waals surface area (Å²) in [4.78, 5) is 17.5. The number of aryl methyl sites for hydroxylation is 1. The minimum atomic E-state index is -3.51. The van der Waals surface area contributed by atoms with Gasteiger partial charge < -0.3 is 4.90 Å². The summed E-state index contributed by atoms with van der Waals surface area (Å²) in [5, 5.41) is 0. The zero-order valence-corrected chi connectivity index (χ0v) is 19.6. The first kappa shape index (κ1) is 23.4. The van der Waals surface area contributed by atoms with Gasteiger partial charge in [0.05, 0.1) is 4.90 Å². The molecule has 1 heterocycles. The van der Waals surface area contributed by atoms with E-state index in [1.54, 1.807) is 24.3 Å². The topological polar surface area (TPSA) is 60.9 Å². The van der Waals surface area contributed by atoms with Crippen LogP contribution >= 0.6 is 0 Å². The normalized spacial score (nSPS) is 15.8. The van der Waals surface area contributed by atoms with Crippen molar-refractivity contribution in [1.82, 2.24) is 14.1 Å². The summed E-state index contributed by atoms with van der Waals surface area (Å²) < 4.78 is 26.7. The molecule has 1 fully saturated rings. The highest BCUT2D eigenvalue weighted by Gasteiger charge is 2.24. The summed E-state index contributed by atoms with van der Waals surface area (Å²) in [5.74, 6) is -0.0375. The summed E-state index contributed by atoms with van der Waals surface area (Å²) in [7, 11) is -3.51. The van der Waals surface area contributed by atoms with E-state index in [0.717, 1.165) is 26.1 Å². The van der Waals surface area contributed by atoms with Gasteiger partial charge in [-0.15, -0.1) is 0 Å². The average Bonchev–Trinajstić information content (AvgIpc) is 3.01. The van der Waals surface area contributed by atoms with E-state index in [1.807, 2.05) is 18.7 Å². The fourth-order valence-corrected chi connectivity index (χ4v) is 5.48. The van der Waals surface area contributed by atoms with E-state index in [1.165, 1.54) is 15.4 Å². The molecule has 2 aromatic carbocycles. The van der Waals surface area contributed by atoms with Gasteiger partial charge in [0, 0.05) is 51.4 Å². The quantitative estimate of drug-likeness (QED) is 0.658. The Morgan fingerprint density at radius 2 is 1.61 bits per heavy atom. The van der Waals surface area contributed by atoms with Gasteiger partial charge >= 0.3 is 0 Å². The first-order chi connectivity index (χ1) is 14.9. The van der Waals surface area contributed by atoms with Crippen LogP contribution in [0.25, 0.3) is 0 Å². The Balaban J connectivity index is 1.64. The lowest BCUT2D eigenvalue weighted by atomic mass is 10.1. The van der Waals surface area contributed by atoms with Gasteiger partial charge in [0.25, 0.3) is 5.91 Å². The Labute approximate surface area is 186 Å². The van der Waals surface area contributed by atoms with E-state index >= 15 is 0 Å². The van der Waals surface area contributed by atoms with Crippen LogP contribution in [0.15, 0.2) is 53.4 Å². The monoisotopic (exact) mass is 443 g/mol. The second-order valence-electron chi connectivity index (χ2n) is 7.96. The first-order valence-electron chi connectivity index (χ1n) is 11.0. The van der Waals surface area contributed by atoms with Crippen molar-refractivity contribution in [2.24, 2.45) is 0 Å². The number of benzene rings is 2. The van der Waals surface area contributed by atoms with E-state index in [-0.39, 0.29) is 10.8 Å². The summed E-state index contributed by atoms with van der Waals surface area (Å²) in [6.07, 6.45) is 0.923. The second kappa shape index (κ2) is 10.4. The molecule has 31 heavy (non-hydrogen) atoms. The predicted molar refractivity (Wildman–Crippen MR) is 124 cm³/mol. The molecular formula is C24H33N3O3S. The van der Waals surface area contributed by atoms with E-state index in [0.29, 0.717) is 31.7 Å². The summed E-state index contributed by atoms with van der Waals surface area (Å²) in [6, 6.07) is 14.8. The summed E-state index contributed by atoms with van der Waals surface area (Å²) >= 11 is 0. The molecule has 0 radical (unpaired) electrons. The van der Waals surface area contributed by atoms with Crippen LogP contribution in [0.1, 0.15) is 41.8 Å². The van der Waals surface area contributed by atoms with Crippen molar-refractivity contribution < 1.29 is 13.2 Å². The second-order valence-corrected chi connectivity index (χ2v) is 9.90. The molecule has 3 rings (SSSR count). The predicted octanol–water partition coefficient (Wildman–Crippen LogP) is 3.37. The van der Waals surface area contributed by atoms with Gasteiger partial charge in [0.15, 0.2) is 0 Å². The van der Waals surface area contributed by atoms with E-state index < -0.39 is 10.0 Å². The largest absolute Gasteiger partial charge is 0.337 e. The molecule has 0 bridgehead atoms. The van der Waals surface area contributed by atoms with Gasteiger partial charge in [-0.1, -0.05) is 38.1 Å². The van der Waals surface area contributed by atoms with Gasteiger partial charge in [0.2, 0.25) is 10.0 Å². The maximum absolute atomic E-state index is 13.0. The van der Waals surface area contributed by atoms with Crippen LogP contribution in [0.5, 0.6) is 0 Å². The third kappa shape index (κ3) is 5.53. The number of amides is 1. The van der Waals surface area contributed by atoms with Crippen LogP contribution in [0.4, 0.5) is 0 Å². The molecule has 0 saturated carbocycles. The first-order valence-corrected chi connectivity index (χ1v) is 12.5. The zero-order valence-electron chi connectivity index (χ0n) is 18.8. The standard InChI is InChI=1S/C24H33N3O3S/c1-4-27(5-2)31(29,30)23-13-11-21(12-14-23)24(28)26-16-8-15-25(17-18-26)19-22-10-7-6-9-20(22)3/h6-7,9-14H,4-5,8,15-19H2,1-3H3. The van der Waals surface area contributed by atoms with Gasteiger partial charge in [-0.25, -0.2) is 8.42 Å². The Morgan fingerprint density at radius 1 is 0.935 bits per heavy atom. The van der Waals surface area contributed by atoms with Crippen LogP contribution < -0.4 is 0 Å². The lowest BCUT2D eigenvalue weighted by Crippen LogP contribution is -2.35. The summed E-state index contributed by atoms with van der Waals surface area (Å²) in [6.45, 7) is 10.7. The smallest absolute Gasteiger partial charge is 0.253 e. The SMILES string of the molecule is CCN(CC)S(=O)(=O)c1ccc(C(=O)N2CCCN(Cc3ccccc3C)CC2)cc1. The Bertz CT molecular complexity index is 985. The fraction of sp³-hybridized carbons (Fsp3) is 0.458. The molecular weight excluding hydrogens is 410 g/mol. The van der Waals surface area contributed by atoms with Crippen LogP contribution in [-0.4, -0.2) is 67.7 Å². The number of rotatable bonds is 7. The summed E-state index contributed by atoms with van der Waals surface area (Å²) in [5.41, 5.74) is 3.15. The minimum absolute atomic E-state index is 0.0375. The van der Waals surface area contributed by atoms with E-state index in [2.05, 4.69) is 36.1 Å². The molecule has 0 atom stereocenters. The van der Waals surface area contributed by atoms with Gasteiger partial charge in [-0.3, -0.25) is 9.69 Å². The fourth-order valence-electron chi connectivity index (χ4n) is 4.03. The number of carbonyl (C=O) groups excluding carboxylic acids is 1. The maximum Gasteiger partial charge on any atom is 0.253 e. The van der Waals surface area contributed by atoms with Crippen molar-refractivity contribution in [2.45, 2.75) is 38.6 Å². The highest BCUT2D eigenvalue weighted by molar-refractivity contribution is 7.89. The van der Waals surface area contributed by atoms with Gasteiger partial charge in [0.1, 0.15) is 0 Å². The number of nitrogens with zero attached hydrogens (tertiary/aromatic N) is 3. The number of hydrogen-bond acceptors (Lipinski definition) is 4. The molecule has 0 aliphatic carbocycles. The molecule has 2 aromatic rings. The zero-order chi connectivity index (χ0) is 22.4. The molecule has 1 amide bonds. The molecule has 0 spiro atoms. The molecule has 1 aliphatic heterocycles. The van der Waals surface area contributed by atoms with Crippen molar-refractivity contribution in [2.75, 3.05) is 39.3 Å². The van der Waals surface area contributed by atoms with Crippen LogP contribution in [0.2, 0.25) is 0 Å². The molecule has 1 aliphatic rings. The lowest BCUT2D eigenvalue weighted by Gasteiger charge is -2.23. The number of sulfonamides is 1. The van der Waals surface area contributed by atoms with Crippen LogP contribution in [-0.2, 0) is 16.6 Å². The molecule has 0 unspecified atom stereocenters. The van der Waals surface area contributed by atoms with Crippen molar-refractivity contribution in [3.8, 4) is 0 Å². The lowest BCUT2D eigenvalue weighted by molar-refractivity contribution is 0.0761. The Hall–Kier alpha value is -2.22. The molecule has 0 aromatic heterocycles. The van der Waals surface area contributed by atoms with Gasteiger partial charge in [-0.05, 0) is 48.7 Å². The molecule has 168 valence electrons. The molecule has 0 N–H and O–H groups in total. The highest BCUT2D eigenvalue weighted by Crippen LogP contribution is 2.18. The van der Waals surface area contributed by atoms with Crippen LogP contribution in [0, 0.1) is 6.92 Å². The third-order valence-corrected chi connectivity index (χ3v) is 8.04. The number of carbonyl (C=O) groups is 1. The van der Waals surface area contributed by atoms with E-state index in [9.17, 15) is 13.2 Å². The van der Waals surface area contributed by atoms with Gasteiger partial charge in [-0.2, -0.15) is 4.31 Å². The minimum Gasteiger partial charge on any atom is -0.337 e. The molecule has 7 heteroatoms. The molecule has 1 saturated heterocycles. The van der Waals surface area contributed by atoms with E-state index in [4.69, 9.17) is 0 Å². The molecule has 6 nitrogen and oxygen atoms in total. The average molecular weight is 444 g/mol. The number of hydrogen-bond donors (Lipinski definition) is 0. The van der Waals surface area contributed by atoms with Crippen molar-refractivity contribution in [1.29, 1.82) is 0 Å². The Morgan fingerprint density at radius 3 is 2.26 bits per heavy atom. The maximum atomic E-state index is 13.0. The highest BCUT2D eigenvalue weighted by atomic mass is 32.2. The van der Waals surface area contributed by atoms with Crippen molar-refractivity contribution in [3.63, 3.8) is 0 Å². The third-order valence-electron chi connectivity index (χ3n) is 5.98. The van der Waals surface area contributed by atoms with Crippen LogP contribution in [0.3, 0.4) is 0 Å². The van der Waals surface area contributed by atoms with Crippen molar-refractivity contribution in [3.05, 3.63) is 65.2 Å². The Kier molecular flexibility index (Phi) is 7.86.